The summed E-state index contributed by atoms with van der Waals surface area (Å²) in [7, 11) is 2.58. The van der Waals surface area contributed by atoms with E-state index in [9.17, 15) is 9.59 Å². The molecule has 1 aliphatic rings. The van der Waals surface area contributed by atoms with Gasteiger partial charge in [-0.15, -0.1) is 0 Å². The highest BCUT2D eigenvalue weighted by atomic mass is 16.5. The van der Waals surface area contributed by atoms with Crippen molar-refractivity contribution >= 4 is 11.9 Å². The van der Waals surface area contributed by atoms with Crippen molar-refractivity contribution in [3.63, 3.8) is 0 Å². The molecule has 0 N–H and O–H groups in total. The molecule has 1 saturated heterocycles. The maximum atomic E-state index is 12.5. The second-order valence-electron chi connectivity index (χ2n) is 5.69. The van der Waals surface area contributed by atoms with Crippen molar-refractivity contribution in [2.24, 2.45) is 0 Å². The summed E-state index contributed by atoms with van der Waals surface area (Å²) in [6, 6.07) is 9.12. The largest absolute Gasteiger partial charge is 0.464 e. The average molecular weight is 344 g/mol. The van der Waals surface area contributed by atoms with Crippen molar-refractivity contribution in [3.8, 4) is 11.1 Å². The van der Waals surface area contributed by atoms with E-state index in [-0.39, 0.29) is 11.4 Å². The lowest BCUT2D eigenvalue weighted by atomic mass is 10.0. The molecule has 1 aromatic heterocycles. The van der Waals surface area contributed by atoms with Gasteiger partial charge in [-0.05, 0) is 24.8 Å². The molecule has 2 heterocycles. The molecule has 25 heavy (non-hydrogen) atoms. The first-order valence-corrected chi connectivity index (χ1v) is 8.13. The molecule has 3 rings (SSSR count). The van der Waals surface area contributed by atoms with Gasteiger partial charge in [-0.25, -0.2) is 14.3 Å². The van der Waals surface area contributed by atoms with Crippen LogP contribution in [0, 0.1) is 0 Å². The number of esters is 2. The second kappa shape index (κ2) is 7.48. The molecule has 7 heteroatoms. The molecule has 1 aromatic carbocycles. The number of hydrogen-bond acceptors (Lipinski definition) is 6. The Labute approximate surface area is 145 Å². The fourth-order valence-corrected chi connectivity index (χ4v) is 2.97. The fraction of sp³-hybridized carbons (Fsp3) is 0.389. The Morgan fingerprint density at radius 2 is 1.84 bits per heavy atom. The van der Waals surface area contributed by atoms with Crippen molar-refractivity contribution in [1.29, 1.82) is 0 Å². The van der Waals surface area contributed by atoms with Gasteiger partial charge >= 0.3 is 11.9 Å². The normalized spacial score (nSPS) is 17.1. The molecular formula is C18H20N2O5. The molecule has 0 unspecified atom stereocenters. The van der Waals surface area contributed by atoms with Crippen LogP contribution in [0.25, 0.3) is 11.1 Å². The molecular weight excluding hydrogens is 324 g/mol. The predicted molar refractivity (Wildman–Crippen MR) is 89.2 cm³/mol. The number of benzene rings is 1. The molecule has 0 saturated carbocycles. The van der Waals surface area contributed by atoms with Gasteiger partial charge in [0.15, 0.2) is 17.6 Å². The summed E-state index contributed by atoms with van der Waals surface area (Å²) in [5.41, 5.74) is 1.35. The van der Waals surface area contributed by atoms with E-state index in [0.717, 1.165) is 12.8 Å². The van der Waals surface area contributed by atoms with Gasteiger partial charge in [0.25, 0.3) is 0 Å². The third kappa shape index (κ3) is 3.28. The number of ether oxygens (including phenoxy) is 3. The fourth-order valence-electron chi connectivity index (χ4n) is 2.97. The van der Waals surface area contributed by atoms with Crippen LogP contribution in [0.2, 0.25) is 0 Å². The average Bonchev–Trinajstić information content (AvgIpc) is 3.08. The number of carbonyl (C=O) groups excluding carboxylic acids is 2. The number of rotatable bonds is 4. The van der Waals surface area contributed by atoms with Gasteiger partial charge in [0, 0.05) is 12.2 Å². The van der Waals surface area contributed by atoms with Crippen LogP contribution in [0.3, 0.4) is 0 Å². The second-order valence-corrected chi connectivity index (χ2v) is 5.69. The zero-order valence-electron chi connectivity index (χ0n) is 14.2. The van der Waals surface area contributed by atoms with E-state index in [1.807, 2.05) is 30.3 Å². The van der Waals surface area contributed by atoms with Crippen molar-refractivity contribution < 1.29 is 23.8 Å². The molecule has 0 bridgehead atoms. The molecule has 0 amide bonds. The summed E-state index contributed by atoms with van der Waals surface area (Å²) < 4.78 is 17.0. The molecule has 1 fully saturated rings. The van der Waals surface area contributed by atoms with Crippen molar-refractivity contribution in [1.82, 2.24) is 9.78 Å². The number of aromatic nitrogens is 2. The molecule has 1 aliphatic heterocycles. The smallest absolute Gasteiger partial charge is 0.359 e. The quantitative estimate of drug-likeness (QED) is 0.794. The lowest BCUT2D eigenvalue weighted by Gasteiger charge is -2.24. The van der Waals surface area contributed by atoms with E-state index >= 15 is 0 Å². The minimum atomic E-state index is -0.612. The number of carbonyl (C=O) groups is 2. The zero-order chi connectivity index (χ0) is 17.8. The van der Waals surface area contributed by atoms with Crippen molar-refractivity contribution in [2.45, 2.75) is 25.5 Å². The van der Waals surface area contributed by atoms with Crippen LogP contribution in [0.4, 0.5) is 0 Å². The maximum absolute atomic E-state index is 12.5. The zero-order valence-corrected chi connectivity index (χ0v) is 14.2. The topological polar surface area (TPSA) is 79.6 Å². The number of methoxy groups -OCH3 is 2. The van der Waals surface area contributed by atoms with Gasteiger partial charge in [-0.3, -0.25) is 0 Å². The Hall–Kier alpha value is -2.67. The summed E-state index contributed by atoms with van der Waals surface area (Å²) in [6.45, 7) is 0.583. The van der Waals surface area contributed by atoms with E-state index in [4.69, 9.17) is 14.2 Å². The van der Waals surface area contributed by atoms with E-state index in [1.54, 1.807) is 0 Å². The van der Waals surface area contributed by atoms with E-state index < -0.39 is 18.2 Å². The van der Waals surface area contributed by atoms with Crippen LogP contribution in [-0.4, -0.2) is 42.5 Å². The summed E-state index contributed by atoms with van der Waals surface area (Å²) in [6.07, 6.45) is 2.21. The van der Waals surface area contributed by atoms with Crippen LogP contribution in [0.1, 0.15) is 46.5 Å². The highest BCUT2D eigenvalue weighted by molar-refractivity contribution is 6.04. The maximum Gasteiger partial charge on any atom is 0.359 e. The van der Waals surface area contributed by atoms with Gasteiger partial charge in [-0.1, -0.05) is 30.3 Å². The predicted octanol–water partition coefficient (Wildman–Crippen LogP) is 2.82. The standard InChI is InChI=1S/C18H20N2O5/c1-23-17(21)15-14(12-8-4-3-5-9-12)16(18(22)24-2)20(19-15)13-10-6-7-11-25-13/h3-5,8-9,13H,6-7,10-11H2,1-2H3/t13-/m1/s1. The Kier molecular flexibility index (Phi) is 5.14. The van der Waals surface area contributed by atoms with Crippen LogP contribution < -0.4 is 0 Å². The summed E-state index contributed by atoms with van der Waals surface area (Å²) in [5.74, 6) is -1.19. The van der Waals surface area contributed by atoms with Crippen LogP contribution >= 0.6 is 0 Å². The van der Waals surface area contributed by atoms with E-state index in [1.165, 1.54) is 18.9 Å². The summed E-state index contributed by atoms with van der Waals surface area (Å²) >= 11 is 0. The Bertz CT molecular complexity index is 763. The molecule has 0 radical (unpaired) electrons. The van der Waals surface area contributed by atoms with E-state index in [2.05, 4.69) is 5.10 Å². The Morgan fingerprint density at radius 3 is 2.44 bits per heavy atom. The van der Waals surface area contributed by atoms with Gasteiger partial charge in [0.2, 0.25) is 0 Å². The molecule has 0 aliphatic carbocycles. The Morgan fingerprint density at radius 1 is 1.12 bits per heavy atom. The van der Waals surface area contributed by atoms with Crippen molar-refractivity contribution in [3.05, 3.63) is 41.7 Å². The summed E-state index contributed by atoms with van der Waals surface area (Å²) in [5, 5.41) is 4.37. The first-order valence-electron chi connectivity index (χ1n) is 8.13. The number of hydrogen-bond donors (Lipinski definition) is 0. The summed E-state index contributed by atoms with van der Waals surface area (Å²) in [4.78, 5) is 24.8. The molecule has 7 nitrogen and oxygen atoms in total. The minimum absolute atomic E-state index is 0.0725. The van der Waals surface area contributed by atoms with Gasteiger partial charge in [0.1, 0.15) is 0 Å². The van der Waals surface area contributed by atoms with Gasteiger partial charge in [0.05, 0.1) is 14.2 Å². The number of nitrogens with zero attached hydrogens (tertiary/aromatic N) is 2. The molecule has 0 spiro atoms. The monoisotopic (exact) mass is 344 g/mol. The SMILES string of the molecule is COC(=O)c1nn([C@H]2CCCCO2)c(C(=O)OC)c1-c1ccccc1. The molecule has 132 valence electrons. The third-order valence-electron chi connectivity index (χ3n) is 4.16. The Balaban J connectivity index is 2.23. The highest BCUT2D eigenvalue weighted by Crippen LogP contribution is 2.33. The minimum Gasteiger partial charge on any atom is -0.464 e. The van der Waals surface area contributed by atoms with Crippen molar-refractivity contribution in [2.75, 3.05) is 20.8 Å². The molecule has 2 aromatic rings. The molecule has 1 atom stereocenters. The first-order chi connectivity index (χ1) is 12.2. The van der Waals surface area contributed by atoms with E-state index in [0.29, 0.717) is 24.2 Å². The highest BCUT2D eigenvalue weighted by Gasteiger charge is 2.33. The van der Waals surface area contributed by atoms with Crippen LogP contribution in [0.15, 0.2) is 30.3 Å². The lowest BCUT2D eigenvalue weighted by molar-refractivity contribution is -0.0416. The van der Waals surface area contributed by atoms with Gasteiger partial charge in [-0.2, -0.15) is 5.10 Å². The van der Waals surface area contributed by atoms with Crippen LogP contribution in [-0.2, 0) is 14.2 Å². The third-order valence-corrected chi connectivity index (χ3v) is 4.16. The first kappa shape index (κ1) is 17.2. The lowest BCUT2D eigenvalue weighted by Crippen LogP contribution is -2.23. The van der Waals surface area contributed by atoms with Gasteiger partial charge < -0.3 is 14.2 Å². The van der Waals surface area contributed by atoms with Crippen LogP contribution in [0.5, 0.6) is 0 Å².